The first-order valence-corrected chi connectivity index (χ1v) is 7.85. The van der Waals surface area contributed by atoms with Gasteiger partial charge in [0.15, 0.2) is 0 Å². The molecule has 0 atom stereocenters. The predicted octanol–water partition coefficient (Wildman–Crippen LogP) is 4.23. The highest BCUT2D eigenvalue weighted by atomic mass is 35.5. The van der Waals surface area contributed by atoms with E-state index in [1.54, 1.807) is 36.6 Å². The van der Waals surface area contributed by atoms with Crippen LogP contribution in [0, 0.1) is 0 Å². The topological polar surface area (TPSA) is 55.4 Å². The molecule has 6 heteroatoms. The molecule has 0 aliphatic carbocycles. The van der Waals surface area contributed by atoms with Gasteiger partial charge in [0.1, 0.15) is 5.00 Å². The number of halogens is 1. The highest BCUT2D eigenvalue weighted by molar-refractivity contribution is 7.14. The fraction of sp³-hybridized carbons (Fsp3) is 0.125. The molecule has 1 aromatic heterocycles. The number of carbonyl (C=O) groups excluding carboxylic acids is 2. The second-order valence-electron chi connectivity index (χ2n) is 4.23. The van der Waals surface area contributed by atoms with Crippen molar-refractivity contribution in [1.29, 1.82) is 0 Å². The van der Waals surface area contributed by atoms with Crippen molar-refractivity contribution < 1.29 is 14.3 Å². The Morgan fingerprint density at radius 2 is 2.09 bits per heavy atom. The molecule has 0 fully saturated rings. The Labute approximate surface area is 137 Å². The third kappa shape index (κ3) is 4.19. The molecule has 2 aromatic rings. The van der Waals surface area contributed by atoms with E-state index in [1.807, 2.05) is 12.1 Å². The number of benzene rings is 1. The third-order valence-corrected chi connectivity index (χ3v) is 3.89. The number of thiophene rings is 1. The minimum Gasteiger partial charge on any atom is -0.462 e. The van der Waals surface area contributed by atoms with Crippen LogP contribution in [0.4, 0.5) is 5.00 Å². The van der Waals surface area contributed by atoms with E-state index in [4.69, 9.17) is 16.3 Å². The fourth-order valence-corrected chi connectivity index (χ4v) is 2.68. The van der Waals surface area contributed by atoms with Gasteiger partial charge in [0.05, 0.1) is 12.2 Å². The molecule has 0 saturated heterocycles. The number of esters is 1. The third-order valence-electron chi connectivity index (χ3n) is 2.72. The Morgan fingerprint density at radius 1 is 1.32 bits per heavy atom. The molecule has 4 nitrogen and oxygen atoms in total. The van der Waals surface area contributed by atoms with E-state index in [-0.39, 0.29) is 12.5 Å². The zero-order valence-electron chi connectivity index (χ0n) is 11.8. The molecule has 1 aromatic carbocycles. The largest absolute Gasteiger partial charge is 0.462 e. The van der Waals surface area contributed by atoms with Crippen LogP contribution in [-0.2, 0) is 9.53 Å². The van der Waals surface area contributed by atoms with Crippen LogP contribution in [0.25, 0.3) is 6.08 Å². The van der Waals surface area contributed by atoms with Gasteiger partial charge in [-0.25, -0.2) is 4.79 Å². The van der Waals surface area contributed by atoms with Crippen molar-refractivity contribution in [2.45, 2.75) is 6.92 Å². The quantitative estimate of drug-likeness (QED) is 0.657. The lowest BCUT2D eigenvalue weighted by molar-refractivity contribution is -0.111. The number of nitrogens with one attached hydrogen (secondary N) is 1. The molecular weight excluding hydrogens is 322 g/mol. The lowest BCUT2D eigenvalue weighted by Crippen LogP contribution is -2.11. The van der Waals surface area contributed by atoms with Crippen LogP contribution in [-0.4, -0.2) is 18.5 Å². The lowest BCUT2D eigenvalue weighted by atomic mass is 10.2. The van der Waals surface area contributed by atoms with Gasteiger partial charge in [0, 0.05) is 11.1 Å². The number of rotatable bonds is 5. The average molecular weight is 336 g/mol. The van der Waals surface area contributed by atoms with Crippen molar-refractivity contribution in [2.24, 2.45) is 0 Å². The second kappa shape index (κ2) is 7.77. The van der Waals surface area contributed by atoms with Crippen molar-refractivity contribution in [2.75, 3.05) is 11.9 Å². The van der Waals surface area contributed by atoms with Crippen molar-refractivity contribution >= 4 is 45.9 Å². The number of hydrogen-bond acceptors (Lipinski definition) is 4. The van der Waals surface area contributed by atoms with Crippen molar-refractivity contribution in [3.63, 3.8) is 0 Å². The average Bonchev–Trinajstić information content (AvgIpc) is 2.95. The van der Waals surface area contributed by atoms with Gasteiger partial charge in [-0.3, -0.25) is 4.79 Å². The maximum atomic E-state index is 11.9. The minimum atomic E-state index is -0.450. The smallest absolute Gasteiger partial charge is 0.341 e. The second-order valence-corrected chi connectivity index (χ2v) is 5.55. The van der Waals surface area contributed by atoms with Gasteiger partial charge in [0.2, 0.25) is 5.91 Å². The Kier molecular flexibility index (Phi) is 5.75. The van der Waals surface area contributed by atoms with Crippen molar-refractivity contribution in [3.05, 3.63) is 57.9 Å². The zero-order chi connectivity index (χ0) is 15.9. The summed E-state index contributed by atoms with van der Waals surface area (Å²) in [5.41, 5.74) is 1.10. The van der Waals surface area contributed by atoms with Crippen LogP contribution in [0.5, 0.6) is 0 Å². The van der Waals surface area contributed by atoms with Crippen LogP contribution in [0.2, 0.25) is 5.02 Å². The van der Waals surface area contributed by atoms with Crippen LogP contribution in [0.15, 0.2) is 41.8 Å². The Hall–Kier alpha value is -2.11. The monoisotopic (exact) mass is 335 g/mol. The van der Waals surface area contributed by atoms with Gasteiger partial charge in [-0.05, 0) is 36.1 Å². The summed E-state index contributed by atoms with van der Waals surface area (Å²) in [6, 6.07) is 8.83. The first-order valence-electron chi connectivity index (χ1n) is 6.60. The molecule has 1 amide bonds. The molecule has 22 heavy (non-hydrogen) atoms. The molecule has 0 saturated carbocycles. The summed E-state index contributed by atoms with van der Waals surface area (Å²) < 4.78 is 4.93. The fourth-order valence-electron chi connectivity index (χ4n) is 1.70. The van der Waals surface area contributed by atoms with E-state index in [9.17, 15) is 9.59 Å². The number of amides is 1. The van der Waals surface area contributed by atoms with Gasteiger partial charge >= 0.3 is 5.97 Å². The molecule has 0 spiro atoms. The Bertz CT molecular complexity index is 709. The molecule has 0 aliphatic heterocycles. The van der Waals surface area contributed by atoms with Crippen LogP contribution < -0.4 is 5.32 Å². The molecule has 0 unspecified atom stereocenters. The lowest BCUT2D eigenvalue weighted by Gasteiger charge is -2.04. The first-order chi connectivity index (χ1) is 10.6. The van der Waals surface area contributed by atoms with Crippen LogP contribution >= 0.6 is 22.9 Å². The van der Waals surface area contributed by atoms with E-state index in [0.717, 1.165) is 5.56 Å². The standard InChI is InChI=1S/C16H14ClNO3S/c1-2-21-16(20)12-9-10-22-15(12)18-14(19)8-7-11-5-3-4-6-13(11)17/h3-10H,2H2,1H3,(H,18,19)/b8-7+. The molecule has 0 radical (unpaired) electrons. The number of carbonyl (C=O) groups is 2. The van der Waals surface area contributed by atoms with Gasteiger partial charge in [-0.2, -0.15) is 0 Å². The molecule has 0 bridgehead atoms. The van der Waals surface area contributed by atoms with Gasteiger partial charge in [0.25, 0.3) is 0 Å². The molecule has 114 valence electrons. The van der Waals surface area contributed by atoms with Crippen molar-refractivity contribution in [3.8, 4) is 0 Å². The summed E-state index contributed by atoms with van der Waals surface area (Å²) in [5, 5.41) is 5.42. The molecule has 1 N–H and O–H groups in total. The summed E-state index contributed by atoms with van der Waals surface area (Å²) >= 11 is 7.27. The molecular formula is C16H14ClNO3S. The van der Waals surface area contributed by atoms with Crippen molar-refractivity contribution in [1.82, 2.24) is 0 Å². The summed E-state index contributed by atoms with van der Waals surface area (Å²) in [4.78, 5) is 23.7. The van der Waals surface area contributed by atoms with E-state index < -0.39 is 5.97 Å². The van der Waals surface area contributed by atoms with Crippen LogP contribution in [0.1, 0.15) is 22.8 Å². The Morgan fingerprint density at radius 3 is 2.82 bits per heavy atom. The van der Waals surface area contributed by atoms with Gasteiger partial charge < -0.3 is 10.1 Å². The normalized spacial score (nSPS) is 10.6. The summed E-state index contributed by atoms with van der Waals surface area (Å²) in [6.07, 6.45) is 2.99. The number of anilines is 1. The first kappa shape index (κ1) is 16.3. The molecule has 0 aliphatic rings. The SMILES string of the molecule is CCOC(=O)c1ccsc1NC(=O)/C=C/c1ccccc1Cl. The maximum absolute atomic E-state index is 11.9. The highest BCUT2D eigenvalue weighted by Crippen LogP contribution is 2.24. The molecule has 1 heterocycles. The Balaban J connectivity index is 2.06. The summed E-state index contributed by atoms with van der Waals surface area (Å²) in [6.45, 7) is 2.02. The summed E-state index contributed by atoms with van der Waals surface area (Å²) in [5.74, 6) is -0.790. The predicted molar refractivity (Wildman–Crippen MR) is 89.4 cm³/mol. The maximum Gasteiger partial charge on any atom is 0.341 e. The minimum absolute atomic E-state index is 0.286. The number of hydrogen-bond donors (Lipinski definition) is 1. The van der Waals surface area contributed by atoms with E-state index in [1.165, 1.54) is 17.4 Å². The van der Waals surface area contributed by atoms with E-state index in [0.29, 0.717) is 15.6 Å². The van der Waals surface area contributed by atoms with E-state index in [2.05, 4.69) is 5.32 Å². The zero-order valence-corrected chi connectivity index (χ0v) is 13.4. The summed E-state index contributed by atoms with van der Waals surface area (Å²) in [7, 11) is 0. The molecule has 2 rings (SSSR count). The van der Waals surface area contributed by atoms with E-state index >= 15 is 0 Å². The highest BCUT2D eigenvalue weighted by Gasteiger charge is 2.15. The van der Waals surface area contributed by atoms with Gasteiger partial charge in [-0.1, -0.05) is 29.8 Å². The van der Waals surface area contributed by atoms with Gasteiger partial charge in [-0.15, -0.1) is 11.3 Å². The number of ether oxygens (including phenoxy) is 1. The van der Waals surface area contributed by atoms with Crippen LogP contribution in [0.3, 0.4) is 0 Å².